The molecule has 0 rings (SSSR count). The fourth-order valence-electron chi connectivity index (χ4n) is 0.631. The molecule has 0 heterocycles. The highest BCUT2D eigenvalue weighted by molar-refractivity contribution is 7.48. The van der Waals surface area contributed by atoms with Crippen LogP contribution in [0.5, 0.6) is 0 Å². The molecule has 12 heavy (non-hydrogen) atoms. The maximum absolute atomic E-state index is 11.5. The quantitative estimate of drug-likeness (QED) is 0.587. The summed E-state index contributed by atoms with van der Waals surface area (Å²) in [6, 6.07) is 0. The predicted octanol–water partition coefficient (Wildman–Crippen LogP) is 2.59. The van der Waals surface area contributed by atoms with Gasteiger partial charge in [0.2, 0.25) is 0 Å². The molecule has 4 nitrogen and oxygen atoms in total. The average molecular weight is 196 g/mol. The molecule has 0 N–H and O–H groups in total. The summed E-state index contributed by atoms with van der Waals surface area (Å²) in [7, 11) is -3.24. The summed E-state index contributed by atoms with van der Waals surface area (Å²) in [6.45, 7) is 6.50. The van der Waals surface area contributed by atoms with Crippen LogP contribution in [-0.4, -0.2) is 19.8 Å². The van der Waals surface area contributed by atoms with Gasteiger partial charge in [-0.1, -0.05) is 6.92 Å². The van der Waals surface area contributed by atoms with Crippen LogP contribution in [0.4, 0.5) is 0 Å². The molecule has 0 aliphatic heterocycles. The van der Waals surface area contributed by atoms with Gasteiger partial charge in [-0.2, -0.15) is 0 Å². The lowest BCUT2D eigenvalue weighted by Gasteiger charge is -2.15. The first kappa shape index (κ1) is 12.1. The van der Waals surface area contributed by atoms with Gasteiger partial charge in [0.15, 0.2) is 0 Å². The van der Waals surface area contributed by atoms with Gasteiger partial charge >= 0.3 is 7.82 Å². The molecule has 0 aromatic heterocycles. The second kappa shape index (κ2) is 6.61. The molecule has 0 aliphatic carbocycles. The lowest BCUT2D eigenvalue weighted by Crippen LogP contribution is -2.00. The Morgan fingerprint density at radius 2 is 1.50 bits per heavy atom. The summed E-state index contributed by atoms with van der Waals surface area (Å²) >= 11 is 0. The zero-order valence-electron chi connectivity index (χ0n) is 7.91. The SMILES string of the molecule is CCCOP(=O)(OCC)OCC. The van der Waals surface area contributed by atoms with Crippen LogP contribution in [0.2, 0.25) is 0 Å². The van der Waals surface area contributed by atoms with Gasteiger partial charge in [0.1, 0.15) is 0 Å². The van der Waals surface area contributed by atoms with Crippen LogP contribution in [0, 0.1) is 0 Å². The fourth-order valence-corrected chi connectivity index (χ4v) is 1.89. The van der Waals surface area contributed by atoms with Gasteiger partial charge in [-0.05, 0) is 20.3 Å². The third-order valence-corrected chi connectivity index (χ3v) is 2.68. The predicted molar refractivity (Wildman–Crippen MR) is 47.1 cm³/mol. The Labute approximate surface area is 73.8 Å². The van der Waals surface area contributed by atoms with E-state index in [1.54, 1.807) is 13.8 Å². The molecule has 0 atom stereocenters. The normalized spacial score (nSPS) is 11.9. The summed E-state index contributed by atoms with van der Waals surface area (Å²) in [5.74, 6) is 0. The Bertz CT molecular complexity index is 138. The molecule has 0 aromatic carbocycles. The van der Waals surface area contributed by atoms with Crippen LogP contribution in [0.15, 0.2) is 0 Å². The molecule has 0 aliphatic rings. The average Bonchev–Trinajstić information content (AvgIpc) is 2.02. The van der Waals surface area contributed by atoms with E-state index in [2.05, 4.69) is 0 Å². The van der Waals surface area contributed by atoms with E-state index in [4.69, 9.17) is 13.6 Å². The standard InChI is InChI=1S/C7H17O4P/c1-4-7-11-12(8,9-5-2)10-6-3/h4-7H2,1-3H3. The van der Waals surface area contributed by atoms with E-state index in [0.717, 1.165) is 6.42 Å². The molecule has 0 fully saturated rings. The first-order valence-corrected chi connectivity index (χ1v) is 5.68. The summed E-state index contributed by atoms with van der Waals surface area (Å²) in [5, 5.41) is 0. The minimum atomic E-state index is -3.24. The van der Waals surface area contributed by atoms with Crippen LogP contribution in [-0.2, 0) is 18.1 Å². The highest BCUT2D eigenvalue weighted by Gasteiger charge is 2.24. The van der Waals surface area contributed by atoms with Gasteiger partial charge in [0, 0.05) is 0 Å². The Kier molecular flexibility index (Phi) is 6.67. The minimum Gasteiger partial charge on any atom is -0.287 e. The molecule has 0 saturated heterocycles. The van der Waals surface area contributed by atoms with Gasteiger partial charge < -0.3 is 0 Å². The molecule has 0 aromatic rings. The van der Waals surface area contributed by atoms with Crippen molar-refractivity contribution >= 4 is 7.82 Å². The Morgan fingerprint density at radius 3 is 1.83 bits per heavy atom. The first-order valence-electron chi connectivity index (χ1n) is 4.22. The van der Waals surface area contributed by atoms with Crippen molar-refractivity contribution in [2.24, 2.45) is 0 Å². The van der Waals surface area contributed by atoms with Crippen LogP contribution < -0.4 is 0 Å². The lowest BCUT2D eigenvalue weighted by molar-refractivity contribution is 0.122. The van der Waals surface area contributed by atoms with E-state index in [1.165, 1.54) is 0 Å². The molecule has 0 amide bonds. The topological polar surface area (TPSA) is 44.8 Å². The third kappa shape index (κ3) is 4.88. The van der Waals surface area contributed by atoms with E-state index in [9.17, 15) is 4.57 Å². The molecule has 0 bridgehead atoms. The number of hydrogen-bond donors (Lipinski definition) is 0. The molecule has 5 heteroatoms. The maximum atomic E-state index is 11.5. The molecular weight excluding hydrogens is 179 g/mol. The van der Waals surface area contributed by atoms with Crippen molar-refractivity contribution in [3.63, 3.8) is 0 Å². The van der Waals surface area contributed by atoms with E-state index in [-0.39, 0.29) is 0 Å². The maximum Gasteiger partial charge on any atom is 0.474 e. The summed E-state index contributed by atoms with van der Waals surface area (Å²) in [4.78, 5) is 0. The van der Waals surface area contributed by atoms with Crippen molar-refractivity contribution in [2.45, 2.75) is 27.2 Å². The number of hydrogen-bond acceptors (Lipinski definition) is 4. The largest absolute Gasteiger partial charge is 0.474 e. The highest BCUT2D eigenvalue weighted by Crippen LogP contribution is 2.49. The smallest absolute Gasteiger partial charge is 0.287 e. The van der Waals surface area contributed by atoms with E-state index in [0.29, 0.717) is 19.8 Å². The Hall–Kier alpha value is 0.110. The first-order chi connectivity index (χ1) is 5.68. The third-order valence-electron chi connectivity index (χ3n) is 1.03. The van der Waals surface area contributed by atoms with Crippen LogP contribution in [0.3, 0.4) is 0 Å². The van der Waals surface area contributed by atoms with E-state index in [1.807, 2.05) is 6.92 Å². The van der Waals surface area contributed by atoms with Crippen molar-refractivity contribution in [2.75, 3.05) is 19.8 Å². The number of rotatable bonds is 7. The second-order valence-corrected chi connectivity index (χ2v) is 3.79. The Balaban J connectivity index is 3.90. The molecule has 0 spiro atoms. The zero-order valence-corrected chi connectivity index (χ0v) is 8.80. The molecular formula is C7H17O4P. The van der Waals surface area contributed by atoms with Crippen molar-refractivity contribution < 1.29 is 18.1 Å². The van der Waals surface area contributed by atoms with Crippen molar-refractivity contribution in [3.8, 4) is 0 Å². The Morgan fingerprint density at radius 1 is 1.00 bits per heavy atom. The van der Waals surface area contributed by atoms with Gasteiger partial charge in [0.05, 0.1) is 19.8 Å². The summed E-state index contributed by atoms with van der Waals surface area (Å²) in [6.07, 6.45) is 0.796. The monoisotopic (exact) mass is 196 g/mol. The second-order valence-electron chi connectivity index (χ2n) is 2.12. The molecule has 74 valence electrons. The van der Waals surface area contributed by atoms with Crippen molar-refractivity contribution in [1.29, 1.82) is 0 Å². The van der Waals surface area contributed by atoms with Gasteiger partial charge in [-0.3, -0.25) is 13.6 Å². The van der Waals surface area contributed by atoms with E-state index >= 15 is 0 Å². The molecule has 0 unspecified atom stereocenters. The van der Waals surface area contributed by atoms with Gasteiger partial charge in [-0.25, -0.2) is 4.57 Å². The lowest BCUT2D eigenvalue weighted by atomic mass is 10.5. The van der Waals surface area contributed by atoms with Crippen LogP contribution in [0.1, 0.15) is 27.2 Å². The number of phosphoric ester groups is 1. The fraction of sp³-hybridized carbons (Fsp3) is 1.00. The van der Waals surface area contributed by atoms with Crippen LogP contribution in [0.25, 0.3) is 0 Å². The zero-order chi connectivity index (χ0) is 9.45. The van der Waals surface area contributed by atoms with Crippen molar-refractivity contribution in [1.82, 2.24) is 0 Å². The minimum absolute atomic E-state index is 0.334. The van der Waals surface area contributed by atoms with Crippen molar-refractivity contribution in [3.05, 3.63) is 0 Å². The summed E-state index contributed by atoms with van der Waals surface area (Å²) in [5.41, 5.74) is 0. The van der Waals surface area contributed by atoms with Crippen LogP contribution >= 0.6 is 7.82 Å². The van der Waals surface area contributed by atoms with Gasteiger partial charge in [0.25, 0.3) is 0 Å². The highest BCUT2D eigenvalue weighted by atomic mass is 31.2. The van der Waals surface area contributed by atoms with E-state index < -0.39 is 7.82 Å². The summed E-state index contributed by atoms with van der Waals surface area (Å²) < 4.78 is 26.2. The number of phosphoric acid groups is 1. The molecule has 0 radical (unpaired) electrons. The van der Waals surface area contributed by atoms with Gasteiger partial charge in [-0.15, -0.1) is 0 Å². The molecule has 0 saturated carbocycles.